The summed E-state index contributed by atoms with van der Waals surface area (Å²) in [5.41, 5.74) is 0. The number of hydrogen-bond acceptors (Lipinski definition) is 7. The molecule has 8 heteroatoms. The number of nitrogens with zero attached hydrogens (tertiary/aromatic N) is 1. The maximum absolute atomic E-state index is 12.8. The van der Waals surface area contributed by atoms with Gasteiger partial charge in [-0.1, -0.05) is 211 Å². The van der Waals surface area contributed by atoms with Crippen molar-refractivity contribution < 1.29 is 38.2 Å². The van der Waals surface area contributed by atoms with Crippen molar-refractivity contribution in [2.45, 2.75) is 270 Å². The van der Waals surface area contributed by atoms with Crippen LogP contribution in [0.3, 0.4) is 0 Å². The lowest BCUT2D eigenvalue weighted by Gasteiger charge is -2.34. The minimum Gasteiger partial charge on any atom is -0.544 e. The molecular formula is C57H105NO7. The first kappa shape index (κ1) is 62.5. The molecule has 0 spiro atoms. The largest absolute Gasteiger partial charge is 0.544 e. The van der Waals surface area contributed by atoms with E-state index in [2.05, 4.69) is 50.3 Å². The number of carbonyl (C=O) groups excluding carboxylic acids is 3. The second-order valence-electron chi connectivity index (χ2n) is 19.8. The van der Waals surface area contributed by atoms with Crippen molar-refractivity contribution in [3.8, 4) is 0 Å². The maximum Gasteiger partial charge on any atom is 0.306 e. The number of carboxylic acids is 1. The molecule has 0 aromatic carbocycles. The molecule has 0 aromatic rings. The molecule has 0 N–H and O–H groups in total. The zero-order valence-electron chi connectivity index (χ0n) is 43.4. The van der Waals surface area contributed by atoms with Gasteiger partial charge in [0.2, 0.25) is 0 Å². The molecule has 0 fully saturated rings. The van der Waals surface area contributed by atoms with Gasteiger partial charge in [-0.05, 0) is 64.2 Å². The summed E-state index contributed by atoms with van der Waals surface area (Å²) < 4.78 is 17.3. The molecule has 0 radical (unpaired) electrons. The summed E-state index contributed by atoms with van der Waals surface area (Å²) in [6, 6.07) is -0.727. The van der Waals surface area contributed by atoms with Gasteiger partial charge in [0.15, 0.2) is 6.10 Å². The van der Waals surface area contributed by atoms with Gasteiger partial charge in [0, 0.05) is 19.3 Å². The fraction of sp³-hybridized carbons (Fsp3) is 0.842. The zero-order valence-corrected chi connectivity index (χ0v) is 43.4. The van der Waals surface area contributed by atoms with Gasteiger partial charge >= 0.3 is 11.9 Å². The highest BCUT2D eigenvalue weighted by molar-refractivity contribution is 5.70. The average Bonchev–Trinajstić information content (AvgIpc) is 3.27. The molecular weight excluding hydrogens is 811 g/mol. The Morgan fingerprint density at radius 2 is 0.815 bits per heavy atom. The SMILES string of the molecule is CCCCC/C=C/C=C/CCCCCCCCCCCCC(=O)OCC(COCCC(C(=O)[O-])[N+](C)(C)C)OC(=O)CCCCCCCCC/C=C/CCCCCCCCCCCCC. The predicted octanol–water partition coefficient (Wildman–Crippen LogP) is 14.8. The van der Waals surface area contributed by atoms with Crippen molar-refractivity contribution >= 4 is 17.9 Å². The lowest BCUT2D eigenvalue weighted by atomic mass is 10.0. The van der Waals surface area contributed by atoms with Crippen molar-refractivity contribution in [1.82, 2.24) is 0 Å². The first-order valence-corrected chi connectivity index (χ1v) is 27.5. The van der Waals surface area contributed by atoms with Crippen molar-refractivity contribution in [2.75, 3.05) is 41.0 Å². The normalized spacial score (nSPS) is 13.1. The van der Waals surface area contributed by atoms with Crippen LogP contribution in [-0.2, 0) is 28.6 Å². The van der Waals surface area contributed by atoms with Crippen LogP contribution in [0.5, 0.6) is 0 Å². The number of esters is 2. The number of likely N-dealkylation sites (N-methyl/N-ethyl adjacent to an activating group) is 1. The Kier molecular flexibility index (Phi) is 46.2. The monoisotopic (exact) mass is 916 g/mol. The van der Waals surface area contributed by atoms with Gasteiger partial charge < -0.3 is 28.6 Å². The van der Waals surface area contributed by atoms with E-state index in [9.17, 15) is 19.5 Å². The molecule has 65 heavy (non-hydrogen) atoms. The molecule has 0 saturated heterocycles. The van der Waals surface area contributed by atoms with E-state index < -0.39 is 18.1 Å². The van der Waals surface area contributed by atoms with Gasteiger partial charge in [-0.3, -0.25) is 9.59 Å². The van der Waals surface area contributed by atoms with Crippen LogP contribution in [0.2, 0.25) is 0 Å². The fourth-order valence-electron chi connectivity index (χ4n) is 8.24. The third-order valence-corrected chi connectivity index (χ3v) is 12.5. The highest BCUT2D eigenvalue weighted by Gasteiger charge is 2.25. The van der Waals surface area contributed by atoms with Gasteiger partial charge in [0.25, 0.3) is 0 Å². The van der Waals surface area contributed by atoms with E-state index in [1.165, 1.54) is 186 Å². The van der Waals surface area contributed by atoms with E-state index >= 15 is 0 Å². The first-order chi connectivity index (χ1) is 31.6. The van der Waals surface area contributed by atoms with E-state index in [1.807, 2.05) is 21.1 Å². The van der Waals surface area contributed by atoms with Crippen LogP contribution < -0.4 is 5.11 Å². The number of aliphatic carboxylic acids is 1. The number of allylic oxidation sites excluding steroid dienone is 6. The predicted molar refractivity (Wildman–Crippen MR) is 273 cm³/mol. The fourth-order valence-corrected chi connectivity index (χ4v) is 8.24. The molecule has 380 valence electrons. The van der Waals surface area contributed by atoms with Crippen LogP contribution >= 0.6 is 0 Å². The number of ether oxygens (including phenoxy) is 3. The van der Waals surface area contributed by atoms with Crippen molar-refractivity contribution in [3.63, 3.8) is 0 Å². The van der Waals surface area contributed by atoms with Crippen molar-refractivity contribution in [2.24, 2.45) is 0 Å². The Labute approximate surface area is 402 Å². The van der Waals surface area contributed by atoms with Gasteiger partial charge in [-0.25, -0.2) is 0 Å². The molecule has 0 amide bonds. The minimum absolute atomic E-state index is 0.0401. The molecule has 0 aromatic heterocycles. The van der Waals surface area contributed by atoms with Crippen LogP contribution in [-0.4, -0.2) is 75.5 Å². The second kappa shape index (κ2) is 48.0. The van der Waals surface area contributed by atoms with E-state index in [1.54, 1.807) is 0 Å². The smallest absolute Gasteiger partial charge is 0.306 e. The molecule has 0 saturated carbocycles. The van der Waals surface area contributed by atoms with Crippen LogP contribution in [0, 0.1) is 0 Å². The van der Waals surface area contributed by atoms with Crippen molar-refractivity contribution in [1.29, 1.82) is 0 Å². The second-order valence-corrected chi connectivity index (χ2v) is 19.8. The highest BCUT2D eigenvalue weighted by atomic mass is 16.6. The highest BCUT2D eigenvalue weighted by Crippen LogP contribution is 2.16. The van der Waals surface area contributed by atoms with E-state index in [-0.39, 0.29) is 42.7 Å². The Morgan fingerprint density at radius 3 is 1.23 bits per heavy atom. The van der Waals surface area contributed by atoms with Crippen LogP contribution in [0.1, 0.15) is 258 Å². The third kappa shape index (κ3) is 46.4. The quantitative estimate of drug-likeness (QED) is 0.0197. The van der Waals surface area contributed by atoms with E-state index in [0.717, 1.165) is 38.5 Å². The van der Waals surface area contributed by atoms with E-state index in [0.29, 0.717) is 12.8 Å². The van der Waals surface area contributed by atoms with Gasteiger partial charge in [-0.2, -0.15) is 0 Å². The molecule has 2 atom stereocenters. The molecule has 0 aliphatic heterocycles. The summed E-state index contributed by atoms with van der Waals surface area (Å²) in [5, 5.41) is 11.7. The summed E-state index contributed by atoms with van der Waals surface area (Å²) in [5.74, 6) is -1.73. The standard InChI is InChI=1S/C57H105NO7/c1-6-8-10-12-14-16-18-20-22-24-26-27-28-30-32-34-36-38-40-42-44-46-48-56(60)65-53(51-63-50-49-54(57(61)62)58(3,4)5)52-64-55(59)47-45-43-41-39-37-35-33-31-29-25-23-21-19-17-15-13-11-9-7-2/h15,17,19,21,28,30,53-54H,6-14,16,18,20,22-27,29,31-52H2,1-5H3/b17-15+,21-19+,30-28+. The topological polar surface area (TPSA) is 102 Å². The molecule has 0 aliphatic rings. The van der Waals surface area contributed by atoms with Crippen molar-refractivity contribution in [3.05, 3.63) is 36.5 Å². The Hall–Kier alpha value is -2.45. The maximum atomic E-state index is 12.8. The number of carbonyl (C=O) groups is 3. The summed E-state index contributed by atoms with van der Waals surface area (Å²) in [4.78, 5) is 37.1. The molecule has 8 nitrogen and oxygen atoms in total. The van der Waals surface area contributed by atoms with Crippen LogP contribution in [0.4, 0.5) is 0 Å². The summed E-state index contributed by atoms with van der Waals surface area (Å²) in [7, 11) is 5.42. The molecule has 0 bridgehead atoms. The molecule has 2 unspecified atom stereocenters. The number of quaternary nitrogens is 1. The van der Waals surface area contributed by atoms with Crippen LogP contribution in [0.15, 0.2) is 36.5 Å². The zero-order chi connectivity index (χ0) is 47.7. The number of rotatable bonds is 50. The average molecular weight is 916 g/mol. The number of unbranched alkanes of at least 4 members (excludes halogenated alkanes) is 31. The van der Waals surface area contributed by atoms with Crippen LogP contribution in [0.25, 0.3) is 0 Å². The first-order valence-electron chi connectivity index (χ1n) is 27.5. The molecule has 0 heterocycles. The van der Waals surface area contributed by atoms with Gasteiger partial charge in [-0.15, -0.1) is 0 Å². The summed E-state index contributed by atoms with van der Waals surface area (Å²) in [6.07, 6.45) is 57.5. The van der Waals surface area contributed by atoms with Gasteiger partial charge in [0.05, 0.1) is 40.3 Å². The Balaban J connectivity index is 4.20. The molecule has 0 rings (SSSR count). The van der Waals surface area contributed by atoms with Gasteiger partial charge in [0.1, 0.15) is 12.6 Å². The number of carboxylic acid groups (broad SMARTS) is 1. The number of hydrogen-bond donors (Lipinski definition) is 0. The minimum atomic E-state index is -1.12. The lowest BCUT2D eigenvalue weighted by molar-refractivity contribution is -0.889. The summed E-state index contributed by atoms with van der Waals surface area (Å²) >= 11 is 0. The molecule has 0 aliphatic carbocycles. The Morgan fingerprint density at radius 1 is 0.462 bits per heavy atom. The Bertz CT molecular complexity index is 1160. The summed E-state index contributed by atoms with van der Waals surface area (Å²) in [6.45, 7) is 4.67. The lowest BCUT2D eigenvalue weighted by Crippen LogP contribution is -2.55. The van der Waals surface area contributed by atoms with E-state index in [4.69, 9.17) is 14.2 Å². The third-order valence-electron chi connectivity index (χ3n) is 12.5.